The molecule has 1 aliphatic rings. The topological polar surface area (TPSA) is 20.2 Å². The van der Waals surface area contributed by atoms with E-state index in [0.717, 1.165) is 29.5 Å². The van der Waals surface area contributed by atoms with Crippen molar-refractivity contribution in [1.29, 1.82) is 0 Å². The molecule has 3 heteroatoms. The summed E-state index contributed by atoms with van der Waals surface area (Å²) in [7, 11) is 0. The van der Waals surface area contributed by atoms with E-state index < -0.39 is 0 Å². The molecule has 1 nitrogen and oxygen atoms in total. The standard InChI is InChI=1S/C20H20ClFO/c1-20(2)9-3-4-18(20)16-10-13(12-23)5-7-15(16)17-11-14(21)6-8-19(17)22/h4-8,10-11,23H,3,9,12H2,1-2H3. The van der Waals surface area contributed by atoms with E-state index in [1.54, 1.807) is 12.1 Å². The smallest absolute Gasteiger partial charge is 0.131 e. The van der Waals surface area contributed by atoms with Crippen LogP contribution < -0.4 is 0 Å². The van der Waals surface area contributed by atoms with E-state index in [-0.39, 0.29) is 17.8 Å². The first-order valence-electron chi connectivity index (χ1n) is 7.82. The molecule has 23 heavy (non-hydrogen) atoms. The van der Waals surface area contributed by atoms with Crippen LogP contribution in [0.25, 0.3) is 16.7 Å². The maximum atomic E-state index is 14.4. The zero-order valence-corrected chi connectivity index (χ0v) is 14.1. The predicted octanol–water partition coefficient (Wildman–Crippen LogP) is 5.84. The van der Waals surface area contributed by atoms with Crippen LogP contribution in [0.15, 0.2) is 42.5 Å². The number of aliphatic hydroxyl groups is 1. The molecule has 0 saturated heterocycles. The minimum Gasteiger partial charge on any atom is -0.392 e. The van der Waals surface area contributed by atoms with Gasteiger partial charge in [-0.2, -0.15) is 0 Å². The van der Waals surface area contributed by atoms with Gasteiger partial charge in [-0.3, -0.25) is 0 Å². The second-order valence-electron chi connectivity index (χ2n) is 6.70. The molecule has 0 aromatic heterocycles. The van der Waals surface area contributed by atoms with Crippen LogP contribution >= 0.6 is 11.6 Å². The third-order valence-corrected chi connectivity index (χ3v) is 4.86. The molecule has 0 amide bonds. The lowest BCUT2D eigenvalue weighted by molar-refractivity contribution is 0.282. The lowest BCUT2D eigenvalue weighted by atomic mass is 9.79. The highest BCUT2D eigenvalue weighted by molar-refractivity contribution is 6.30. The first-order chi connectivity index (χ1) is 10.9. The molecule has 2 aromatic carbocycles. The predicted molar refractivity (Wildman–Crippen MR) is 93.8 cm³/mol. The van der Waals surface area contributed by atoms with Gasteiger partial charge < -0.3 is 5.11 Å². The molecule has 3 rings (SSSR count). The summed E-state index contributed by atoms with van der Waals surface area (Å²) in [5, 5.41) is 9.99. The molecule has 0 spiro atoms. The summed E-state index contributed by atoms with van der Waals surface area (Å²) in [4.78, 5) is 0. The lowest BCUT2D eigenvalue weighted by Gasteiger charge is -2.25. The SMILES string of the molecule is CC1(C)CCC=C1c1cc(CO)ccc1-c1cc(Cl)ccc1F. The molecule has 0 atom stereocenters. The highest BCUT2D eigenvalue weighted by atomic mass is 35.5. The summed E-state index contributed by atoms with van der Waals surface area (Å²) < 4.78 is 14.4. The number of hydrogen-bond donors (Lipinski definition) is 1. The quantitative estimate of drug-likeness (QED) is 0.749. The Morgan fingerprint density at radius 3 is 2.52 bits per heavy atom. The summed E-state index contributed by atoms with van der Waals surface area (Å²) in [6.45, 7) is 4.38. The first kappa shape index (κ1) is 16.2. The fraction of sp³-hybridized carbons (Fsp3) is 0.300. The van der Waals surface area contributed by atoms with E-state index >= 15 is 0 Å². The number of halogens is 2. The van der Waals surface area contributed by atoms with Crippen molar-refractivity contribution in [3.63, 3.8) is 0 Å². The monoisotopic (exact) mass is 330 g/mol. The van der Waals surface area contributed by atoms with Crippen LogP contribution in [0.2, 0.25) is 5.02 Å². The Hall–Kier alpha value is -1.64. The molecular formula is C20H20ClFO. The molecule has 0 fully saturated rings. The van der Waals surface area contributed by atoms with E-state index in [1.807, 2.05) is 18.2 Å². The van der Waals surface area contributed by atoms with Gasteiger partial charge in [0.15, 0.2) is 0 Å². The lowest BCUT2D eigenvalue weighted by Crippen LogP contribution is -2.10. The highest BCUT2D eigenvalue weighted by Gasteiger charge is 2.30. The summed E-state index contributed by atoms with van der Waals surface area (Å²) in [6.07, 6.45) is 4.31. The van der Waals surface area contributed by atoms with Crippen molar-refractivity contribution in [3.8, 4) is 11.1 Å². The van der Waals surface area contributed by atoms with Crippen molar-refractivity contribution in [1.82, 2.24) is 0 Å². The van der Waals surface area contributed by atoms with E-state index in [1.165, 1.54) is 11.6 Å². The largest absolute Gasteiger partial charge is 0.392 e. The number of rotatable bonds is 3. The molecule has 1 N–H and O–H groups in total. The molecule has 2 aromatic rings. The fourth-order valence-electron chi connectivity index (χ4n) is 3.31. The Morgan fingerprint density at radius 2 is 1.87 bits per heavy atom. The van der Waals surface area contributed by atoms with E-state index in [2.05, 4.69) is 19.9 Å². The maximum Gasteiger partial charge on any atom is 0.131 e. The molecule has 0 radical (unpaired) electrons. The highest BCUT2D eigenvalue weighted by Crippen LogP contribution is 2.47. The van der Waals surface area contributed by atoms with Gasteiger partial charge >= 0.3 is 0 Å². The van der Waals surface area contributed by atoms with Crippen LogP contribution in [-0.4, -0.2) is 5.11 Å². The van der Waals surface area contributed by atoms with Crippen LogP contribution in [0.4, 0.5) is 4.39 Å². The van der Waals surface area contributed by atoms with E-state index in [0.29, 0.717) is 10.6 Å². The molecule has 1 aliphatic carbocycles. The van der Waals surface area contributed by atoms with Gasteiger partial charge in [0.25, 0.3) is 0 Å². The normalized spacial score (nSPS) is 16.5. The fourth-order valence-corrected chi connectivity index (χ4v) is 3.49. The summed E-state index contributed by atoms with van der Waals surface area (Å²) in [6, 6.07) is 10.3. The molecule has 0 saturated carbocycles. The minimum atomic E-state index is -0.288. The molecule has 120 valence electrons. The summed E-state index contributed by atoms with van der Waals surface area (Å²) in [5.41, 5.74) is 4.39. The van der Waals surface area contributed by atoms with Crippen molar-refractivity contribution in [2.24, 2.45) is 5.41 Å². The van der Waals surface area contributed by atoms with Gasteiger partial charge in [0.05, 0.1) is 6.61 Å². The van der Waals surface area contributed by atoms with E-state index in [9.17, 15) is 9.50 Å². The van der Waals surface area contributed by atoms with Crippen LogP contribution in [0, 0.1) is 11.2 Å². The van der Waals surface area contributed by atoms with Gasteiger partial charge in [-0.1, -0.05) is 43.7 Å². The molecular weight excluding hydrogens is 311 g/mol. The zero-order chi connectivity index (χ0) is 16.6. The molecule has 0 aliphatic heterocycles. The third kappa shape index (κ3) is 3.06. The van der Waals surface area contributed by atoms with E-state index in [4.69, 9.17) is 11.6 Å². The third-order valence-electron chi connectivity index (χ3n) is 4.62. The van der Waals surface area contributed by atoms with Crippen LogP contribution in [0.1, 0.15) is 37.8 Å². The van der Waals surface area contributed by atoms with Gasteiger partial charge in [0.1, 0.15) is 5.82 Å². The number of aliphatic hydroxyl groups excluding tert-OH is 1. The second kappa shape index (κ2) is 6.10. The summed E-state index contributed by atoms with van der Waals surface area (Å²) >= 11 is 6.07. The van der Waals surface area contributed by atoms with Crippen LogP contribution in [0.5, 0.6) is 0 Å². The number of benzene rings is 2. The van der Waals surface area contributed by atoms with Crippen LogP contribution in [0.3, 0.4) is 0 Å². The number of hydrogen-bond acceptors (Lipinski definition) is 1. The van der Waals surface area contributed by atoms with Crippen molar-refractivity contribution < 1.29 is 9.50 Å². The van der Waals surface area contributed by atoms with Crippen molar-refractivity contribution in [3.05, 3.63) is 64.4 Å². The van der Waals surface area contributed by atoms with Gasteiger partial charge in [-0.15, -0.1) is 0 Å². The average molecular weight is 331 g/mol. The Bertz CT molecular complexity index is 777. The van der Waals surface area contributed by atoms with Gasteiger partial charge in [0, 0.05) is 10.6 Å². The second-order valence-corrected chi connectivity index (χ2v) is 7.14. The molecule has 0 heterocycles. The summed E-state index contributed by atoms with van der Waals surface area (Å²) in [5.74, 6) is -0.288. The van der Waals surface area contributed by atoms with Crippen molar-refractivity contribution in [2.45, 2.75) is 33.3 Å². The molecule has 0 bridgehead atoms. The zero-order valence-electron chi connectivity index (χ0n) is 13.4. The average Bonchev–Trinajstić information content (AvgIpc) is 2.88. The first-order valence-corrected chi connectivity index (χ1v) is 8.20. The Kier molecular flexibility index (Phi) is 4.31. The molecule has 0 unspecified atom stereocenters. The van der Waals surface area contributed by atoms with Crippen molar-refractivity contribution >= 4 is 17.2 Å². The van der Waals surface area contributed by atoms with Gasteiger partial charge in [-0.25, -0.2) is 4.39 Å². The Labute approximate surface area is 141 Å². The Balaban J connectivity index is 2.24. The number of allylic oxidation sites excluding steroid dienone is 2. The Morgan fingerprint density at radius 1 is 1.09 bits per heavy atom. The maximum absolute atomic E-state index is 14.4. The van der Waals surface area contributed by atoms with Crippen LogP contribution in [-0.2, 0) is 6.61 Å². The minimum absolute atomic E-state index is 0.0288. The van der Waals surface area contributed by atoms with Crippen molar-refractivity contribution in [2.75, 3.05) is 0 Å². The van der Waals surface area contributed by atoms with Gasteiger partial charge in [0.2, 0.25) is 0 Å². The van der Waals surface area contributed by atoms with Gasteiger partial charge in [-0.05, 0) is 64.8 Å².